The summed E-state index contributed by atoms with van der Waals surface area (Å²) in [6.45, 7) is 5.93. The monoisotopic (exact) mass is 249 g/mol. The molecule has 1 atom stereocenters. The van der Waals surface area contributed by atoms with E-state index in [-0.39, 0.29) is 11.2 Å². The first kappa shape index (κ1) is 12.9. The Labute approximate surface area is 107 Å². The molecule has 98 valence electrons. The van der Waals surface area contributed by atoms with Crippen LogP contribution in [0.5, 0.6) is 5.75 Å². The number of phenols is 1. The van der Waals surface area contributed by atoms with Crippen LogP contribution in [0, 0.1) is 5.41 Å². The molecule has 0 aromatic heterocycles. The van der Waals surface area contributed by atoms with Crippen LogP contribution in [0.4, 0.5) is 0 Å². The van der Waals surface area contributed by atoms with E-state index >= 15 is 0 Å². The number of carboxylic acid groups (broad SMARTS) is 1. The quantitative estimate of drug-likeness (QED) is 0.853. The van der Waals surface area contributed by atoms with Crippen molar-refractivity contribution in [3.05, 3.63) is 29.8 Å². The molecule has 1 saturated heterocycles. The number of hydrogen-bond acceptors (Lipinski definition) is 3. The molecule has 4 nitrogen and oxygen atoms in total. The third-order valence-corrected chi connectivity index (χ3v) is 3.35. The minimum Gasteiger partial charge on any atom is -0.508 e. The smallest absolute Gasteiger partial charge is 0.321 e. The van der Waals surface area contributed by atoms with E-state index in [1.807, 2.05) is 4.90 Å². The first-order valence-corrected chi connectivity index (χ1v) is 6.12. The maximum absolute atomic E-state index is 11.3. The molecular formula is C14H19NO3. The van der Waals surface area contributed by atoms with Gasteiger partial charge >= 0.3 is 5.97 Å². The number of benzene rings is 1. The highest BCUT2D eigenvalue weighted by molar-refractivity contribution is 5.74. The van der Waals surface area contributed by atoms with Crippen molar-refractivity contribution in [3.8, 4) is 5.75 Å². The molecule has 0 amide bonds. The summed E-state index contributed by atoms with van der Waals surface area (Å²) in [7, 11) is 0. The Morgan fingerprint density at radius 1 is 1.33 bits per heavy atom. The number of nitrogens with zero attached hydrogens (tertiary/aromatic N) is 1. The predicted molar refractivity (Wildman–Crippen MR) is 68.6 cm³/mol. The fraction of sp³-hybridized carbons (Fsp3) is 0.500. The van der Waals surface area contributed by atoms with Crippen LogP contribution in [0.2, 0.25) is 0 Å². The van der Waals surface area contributed by atoms with Crippen molar-refractivity contribution >= 4 is 5.97 Å². The van der Waals surface area contributed by atoms with Gasteiger partial charge in [-0.1, -0.05) is 26.0 Å². The summed E-state index contributed by atoms with van der Waals surface area (Å²) in [4.78, 5) is 13.3. The Morgan fingerprint density at radius 2 is 1.89 bits per heavy atom. The molecule has 1 aliphatic heterocycles. The predicted octanol–water partition coefficient (Wildman–Crippen LogP) is 1.73. The van der Waals surface area contributed by atoms with Gasteiger partial charge in [0, 0.05) is 13.1 Å². The van der Waals surface area contributed by atoms with E-state index in [4.69, 9.17) is 0 Å². The van der Waals surface area contributed by atoms with Gasteiger partial charge in [0.25, 0.3) is 0 Å². The minimum atomic E-state index is -0.779. The second-order valence-corrected chi connectivity index (χ2v) is 5.79. The van der Waals surface area contributed by atoms with Crippen LogP contribution in [-0.4, -0.2) is 40.2 Å². The molecule has 1 unspecified atom stereocenters. The zero-order valence-electron chi connectivity index (χ0n) is 10.8. The number of carbonyl (C=O) groups is 1. The van der Waals surface area contributed by atoms with Crippen LogP contribution >= 0.6 is 0 Å². The summed E-state index contributed by atoms with van der Waals surface area (Å²) in [6.07, 6.45) is 0.478. The van der Waals surface area contributed by atoms with Crippen LogP contribution in [0.1, 0.15) is 19.4 Å². The highest BCUT2D eigenvalue weighted by atomic mass is 16.4. The minimum absolute atomic E-state index is 0.204. The second kappa shape index (κ2) is 4.61. The van der Waals surface area contributed by atoms with Crippen LogP contribution < -0.4 is 0 Å². The summed E-state index contributed by atoms with van der Waals surface area (Å²) in [5.41, 5.74) is 1.16. The number of hydrogen-bond donors (Lipinski definition) is 2. The van der Waals surface area contributed by atoms with Crippen LogP contribution in [-0.2, 0) is 11.2 Å². The second-order valence-electron chi connectivity index (χ2n) is 5.79. The van der Waals surface area contributed by atoms with Crippen molar-refractivity contribution in [2.24, 2.45) is 5.41 Å². The van der Waals surface area contributed by atoms with Crippen molar-refractivity contribution in [1.82, 2.24) is 4.90 Å². The molecule has 1 aromatic rings. The topological polar surface area (TPSA) is 60.8 Å². The Balaban J connectivity index is 2.03. The molecule has 0 spiro atoms. The first-order chi connectivity index (χ1) is 8.37. The van der Waals surface area contributed by atoms with E-state index in [1.54, 1.807) is 24.3 Å². The molecule has 1 aromatic carbocycles. The molecule has 0 bridgehead atoms. The van der Waals surface area contributed by atoms with E-state index in [9.17, 15) is 15.0 Å². The summed E-state index contributed by atoms with van der Waals surface area (Å²) in [6, 6.07) is 6.26. The van der Waals surface area contributed by atoms with Gasteiger partial charge in [-0.15, -0.1) is 0 Å². The fourth-order valence-corrected chi connectivity index (χ4v) is 2.50. The van der Waals surface area contributed by atoms with Gasteiger partial charge in [0.1, 0.15) is 11.8 Å². The van der Waals surface area contributed by atoms with Crippen LogP contribution in [0.15, 0.2) is 24.3 Å². The molecule has 2 N–H and O–H groups in total. The average molecular weight is 249 g/mol. The highest BCUT2D eigenvalue weighted by Crippen LogP contribution is 2.31. The standard InChI is InChI=1S/C14H19NO3/c1-14(2)8-15(9-14)12(13(17)18)7-10-3-5-11(16)6-4-10/h3-6,12,16H,7-9H2,1-2H3,(H,17,18). The third-order valence-electron chi connectivity index (χ3n) is 3.35. The summed E-state index contributed by atoms with van der Waals surface area (Å²) in [5, 5.41) is 18.5. The van der Waals surface area contributed by atoms with Gasteiger partial charge in [0.15, 0.2) is 0 Å². The summed E-state index contributed by atoms with van der Waals surface area (Å²) < 4.78 is 0. The van der Waals surface area contributed by atoms with Gasteiger partial charge in [-0.2, -0.15) is 0 Å². The average Bonchev–Trinajstić information content (AvgIpc) is 2.24. The fourth-order valence-electron chi connectivity index (χ4n) is 2.50. The molecule has 1 heterocycles. The molecule has 0 aliphatic carbocycles. The van der Waals surface area contributed by atoms with Crippen molar-refractivity contribution < 1.29 is 15.0 Å². The molecule has 0 saturated carbocycles. The molecule has 2 rings (SSSR count). The molecular weight excluding hydrogens is 230 g/mol. The van der Waals surface area contributed by atoms with Gasteiger partial charge in [0.05, 0.1) is 0 Å². The first-order valence-electron chi connectivity index (χ1n) is 6.12. The van der Waals surface area contributed by atoms with Crippen LogP contribution in [0.25, 0.3) is 0 Å². The van der Waals surface area contributed by atoms with E-state index < -0.39 is 12.0 Å². The zero-order valence-corrected chi connectivity index (χ0v) is 10.8. The number of aliphatic carboxylic acids is 1. The molecule has 18 heavy (non-hydrogen) atoms. The molecule has 1 aliphatic rings. The Bertz CT molecular complexity index is 431. The maximum atomic E-state index is 11.3. The molecule has 0 radical (unpaired) electrons. The SMILES string of the molecule is CC1(C)CN(C(Cc2ccc(O)cc2)C(=O)O)C1. The highest BCUT2D eigenvalue weighted by Gasteiger charge is 2.40. The Morgan fingerprint density at radius 3 is 2.33 bits per heavy atom. The van der Waals surface area contributed by atoms with Crippen molar-refractivity contribution in [3.63, 3.8) is 0 Å². The van der Waals surface area contributed by atoms with Gasteiger partial charge in [-0.05, 0) is 29.5 Å². The van der Waals surface area contributed by atoms with E-state index in [0.717, 1.165) is 18.7 Å². The lowest BCUT2D eigenvalue weighted by molar-refractivity contribution is -0.148. The van der Waals surface area contributed by atoms with Crippen LogP contribution in [0.3, 0.4) is 0 Å². The van der Waals surface area contributed by atoms with Crippen molar-refractivity contribution in [2.45, 2.75) is 26.3 Å². The van der Waals surface area contributed by atoms with Crippen molar-refractivity contribution in [2.75, 3.05) is 13.1 Å². The van der Waals surface area contributed by atoms with Gasteiger partial charge < -0.3 is 10.2 Å². The lowest BCUT2D eigenvalue weighted by atomic mass is 9.82. The van der Waals surface area contributed by atoms with Crippen molar-refractivity contribution in [1.29, 1.82) is 0 Å². The third kappa shape index (κ3) is 2.82. The number of carboxylic acids is 1. The van der Waals surface area contributed by atoms with E-state index in [0.29, 0.717) is 6.42 Å². The molecule has 1 fully saturated rings. The number of likely N-dealkylation sites (tertiary alicyclic amines) is 1. The van der Waals surface area contributed by atoms with Gasteiger partial charge in [-0.25, -0.2) is 0 Å². The molecule has 4 heteroatoms. The Hall–Kier alpha value is -1.55. The normalized spacial score (nSPS) is 20.1. The summed E-state index contributed by atoms with van der Waals surface area (Å²) >= 11 is 0. The number of phenolic OH excluding ortho intramolecular Hbond substituents is 1. The lowest BCUT2D eigenvalue weighted by Crippen LogP contribution is -2.59. The largest absolute Gasteiger partial charge is 0.508 e. The summed E-state index contributed by atoms with van der Waals surface area (Å²) in [5.74, 6) is -0.575. The van der Waals surface area contributed by atoms with Gasteiger partial charge in [-0.3, -0.25) is 9.69 Å². The zero-order chi connectivity index (χ0) is 13.3. The lowest BCUT2D eigenvalue weighted by Gasteiger charge is -2.48. The van der Waals surface area contributed by atoms with Gasteiger partial charge in [0.2, 0.25) is 0 Å². The van der Waals surface area contributed by atoms with E-state index in [1.165, 1.54) is 0 Å². The Kier molecular flexibility index (Phi) is 3.30. The number of aromatic hydroxyl groups is 1. The van der Waals surface area contributed by atoms with E-state index in [2.05, 4.69) is 13.8 Å². The number of rotatable bonds is 4. The maximum Gasteiger partial charge on any atom is 0.321 e.